The van der Waals surface area contributed by atoms with E-state index in [1.807, 2.05) is 18.2 Å². The molecule has 0 fully saturated rings. The molecular weight excluding hydrogens is 256 g/mol. The second-order valence-corrected chi connectivity index (χ2v) is 5.07. The van der Waals surface area contributed by atoms with Gasteiger partial charge in [-0.1, -0.05) is 26.0 Å². The number of aromatic amines is 1. The lowest BCUT2D eigenvalue weighted by molar-refractivity contribution is 0.864. The Kier molecular flexibility index (Phi) is 4.52. The molecule has 2 aromatic rings. The van der Waals surface area contributed by atoms with Gasteiger partial charge in [0.25, 0.3) is 0 Å². The lowest BCUT2D eigenvalue weighted by atomic mass is 10.0. The molecule has 19 heavy (non-hydrogen) atoms. The number of benzene rings is 1. The van der Waals surface area contributed by atoms with Crippen LogP contribution in [0.15, 0.2) is 36.5 Å². The summed E-state index contributed by atoms with van der Waals surface area (Å²) in [7, 11) is 0. The van der Waals surface area contributed by atoms with Gasteiger partial charge in [0.05, 0.1) is 12.2 Å². The Bertz CT molecular complexity index is 517. The summed E-state index contributed by atoms with van der Waals surface area (Å²) < 4.78 is 0. The van der Waals surface area contributed by atoms with Crippen molar-refractivity contribution < 1.29 is 0 Å². The summed E-state index contributed by atoms with van der Waals surface area (Å²) in [5.74, 6) is 0.541. The molecule has 0 radical (unpaired) electrons. The topological polar surface area (TPSA) is 52.7 Å². The van der Waals surface area contributed by atoms with Crippen LogP contribution in [0.1, 0.15) is 31.0 Å². The van der Waals surface area contributed by atoms with Crippen LogP contribution in [-0.2, 0) is 6.54 Å². The molecule has 0 aliphatic carbocycles. The highest BCUT2D eigenvalue weighted by atomic mass is 32.1. The lowest BCUT2D eigenvalue weighted by Gasteiger charge is -2.11. The number of nitrogens with one attached hydrogen (secondary N) is 3. The molecule has 0 spiro atoms. The van der Waals surface area contributed by atoms with Crippen molar-refractivity contribution in [2.45, 2.75) is 26.3 Å². The van der Waals surface area contributed by atoms with Crippen molar-refractivity contribution >= 4 is 23.0 Å². The smallest absolute Gasteiger partial charge is 0.171 e. The van der Waals surface area contributed by atoms with Crippen molar-refractivity contribution in [2.24, 2.45) is 0 Å². The van der Waals surface area contributed by atoms with E-state index in [-0.39, 0.29) is 0 Å². The van der Waals surface area contributed by atoms with E-state index < -0.39 is 0 Å². The zero-order chi connectivity index (χ0) is 13.7. The van der Waals surface area contributed by atoms with Gasteiger partial charge in [-0.2, -0.15) is 5.10 Å². The largest absolute Gasteiger partial charge is 0.357 e. The molecule has 1 aromatic carbocycles. The monoisotopic (exact) mass is 274 g/mol. The van der Waals surface area contributed by atoms with Crippen molar-refractivity contribution in [3.8, 4) is 0 Å². The Balaban J connectivity index is 1.84. The van der Waals surface area contributed by atoms with E-state index in [1.165, 1.54) is 5.56 Å². The zero-order valence-electron chi connectivity index (χ0n) is 11.1. The van der Waals surface area contributed by atoms with Crippen LogP contribution in [0.2, 0.25) is 0 Å². The fraction of sp³-hybridized carbons (Fsp3) is 0.286. The quantitative estimate of drug-likeness (QED) is 0.750. The lowest BCUT2D eigenvalue weighted by Crippen LogP contribution is -2.28. The van der Waals surface area contributed by atoms with Gasteiger partial charge < -0.3 is 10.6 Å². The molecule has 0 atom stereocenters. The van der Waals surface area contributed by atoms with E-state index in [1.54, 1.807) is 6.20 Å². The molecule has 1 aromatic heterocycles. The standard InChI is InChI=1S/C14H18N4S/c1-10(2)11-3-5-12(6-4-11)17-14(19)15-9-13-7-8-16-18-13/h3-8,10H,9H2,1-2H3,(H,16,18)(H2,15,17,19). The van der Waals surface area contributed by atoms with Crippen LogP contribution >= 0.6 is 12.2 Å². The van der Waals surface area contributed by atoms with Crippen LogP contribution in [0.5, 0.6) is 0 Å². The van der Waals surface area contributed by atoms with Crippen molar-refractivity contribution in [3.63, 3.8) is 0 Å². The van der Waals surface area contributed by atoms with E-state index in [0.29, 0.717) is 17.6 Å². The predicted octanol–water partition coefficient (Wildman–Crippen LogP) is 3.02. The molecule has 0 amide bonds. The zero-order valence-corrected chi connectivity index (χ0v) is 11.9. The minimum Gasteiger partial charge on any atom is -0.357 e. The van der Waals surface area contributed by atoms with E-state index in [4.69, 9.17) is 12.2 Å². The molecule has 0 bridgehead atoms. The number of rotatable bonds is 4. The molecule has 0 aliphatic heterocycles. The van der Waals surface area contributed by atoms with Crippen LogP contribution in [0.4, 0.5) is 5.69 Å². The molecular formula is C14H18N4S. The third-order valence-corrected chi connectivity index (χ3v) is 3.08. The van der Waals surface area contributed by atoms with Crippen LogP contribution in [0.25, 0.3) is 0 Å². The Labute approximate surface area is 118 Å². The van der Waals surface area contributed by atoms with Gasteiger partial charge in [0.1, 0.15) is 0 Å². The summed E-state index contributed by atoms with van der Waals surface area (Å²) in [6, 6.07) is 10.2. The molecule has 4 nitrogen and oxygen atoms in total. The Morgan fingerprint density at radius 1 is 1.26 bits per heavy atom. The van der Waals surface area contributed by atoms with Crippen molar-refractivity contribution in [1.29, 1.82) is 0 Å². The van der Waals surface area contributed by atoms with Gasteiger partial charge in [-0.15, -0.1) is 0 Å². The average molecular weight is 274 g/mol. The number of thiocarbonyl (C=S) groups is 1. The summed E-state index contributed by atoms with van der Waals surface area (Å²) in [5.41, 5.74) is 3.31. The van der Waals surface area contributed by atoms with E-state index >= 15 is 0 Å². The molecule has 0 aliphatic rings. The maximum absolute atomic E-state index is 5.24. The first-order chi connectivity index (χ1) is 9.15. The number of hydrogen-bond acceptors (Lipinski definition) is 2. The predicted molar refractivity (Wildman–Crippen MR) is 82.2 cm³/mol. The molecule has 3 N–H and O–H groups in total. The number of H-pyrrole nitrogens is 1. The summed E-state index contributed by atoms with van der Waals surface area (Å²) in [6.45, 7) is 4.99. The highest BCUT2D eigenvalue weighted by molar-refractivity contribution is 7.80. The maximum atomic E-state index is 5.24. The molecule has 0 saturated carbocycles. The van der Waals surface area contributed by atoms with Gasteiger partial charge in [-0.05, 0) is 41.9 Å². The minimum absolute atomic E-state index is 0.541. The fourth-order valence-electron chi connectivity index (χ4n) is 1.69. The molecule has 1 heterocycles. The van der Waals surface area contributed by atoms with E-state index in [2.05, 4.69) is 46.8 Å². The number of nitrogens with zero attached hydrogens (tertiary/aromatic N) is 1. The van der Waals surface area contributed by atoms with Crippen LogP contribution in [0, 0.1) is 0 Å². The fourth-order valence-corrected chi connectivity index (χ4v) is 1.88. The summed E-state index contributed by atoms with van der Waals surface area (Å²) in [5, 5.41) is 13.6. The van der Waals surface area contributed by atoms with E-state index in [0.717, 1.165) is 11.4 Å². The van der Waals surface area contributed by atoms with Crippen LogP contribution < -0.4 is 10.6 Å². The van der Waals surface area contributed by atoms with Crippen molar-refractivity contribution in [2.75, 3.05) is 5.32 Å². The summed E-state index contributed by atoms with van der Waals surface area (Å²) in [4.78, 5) is 0. The van der Waals surface area contributed by atoms with Gasteiger partial charge in [0.2, 0.25) is 0 Å². The third-order valence-electron chi connectivity index (χ3n) is 2.83. The normalized spacial score (nSPS) is 10.5. The number of anilines is 1. The SMILES string of the molecule is CC(C)c1ccc(NC(=S)NCc2ccn[nH]2)cc1. The van der Waals surface area contributed by atoms with Crippen molar-refractivity contribution in [3.05, 3.63) is 47.8 Å². The average Bonchev–Trinajstić information content (AvgIpc) is 2.90. The third kappa shape index (κ3) is 4.06. The highest BCUT2D eigenvalue weighted by Gasteiger charge is 2.01. The van der Waals surface area contributed by atoms with Gasteiger partial charge in [0, 0.05) is 11.9 Å². The Hall–Kier alpha value is -1.88. The molecule has 100 valence electrons. The molecule has 0 unspecified atom stereocenters. The first kappa shape index (κ1) is 13.5. The summed E-state index contributed by atoms with van der Waals surface area (Å²) in [6.07, 6.45) is 1.72. The van der Waals surface area contributed by atoms with Gasteiger partial charge in [-0.3, -0.25) is 5.10 Å². The first-order valence-corrected chi connectivity index (χ1v) is 6.69. The Morgan fingerprint density at radius 2 is 2.00 bits per heavy atom. The molecule has 5 heteroatoms. The second kappa shape index (κ2) is 6.33. The highest BCUT2D eigenvalue weighted by Crippen LogP contribution is 2.16. The van der Waals surface area contributed by atoms with E-state index in [9.17, 15) is 0 Å². The van der Waals surface area contributed by atoms with Crippen molar-refractivity contribution in [1.82, 2.24) is 15.5 Å². The molecule has 2 rings (SSSR count). The van der Waals surface area contributed by atoms with Gasteiger partial charge in [0.15, 0.2) is 5.11 Å². The number of hydrogen-bond donors (Lipinski definition) is 3. The maximum Gasteiger partial charge on any atom is 0.171 e. The van der Waals surface area contributed by atoms with Gasteiger partial charge in [-0.25, -0.2) is 0 Å². The minimum atomic E-state index is 0.541. The summed E-state index contributed by atoms with van der Waals surface area (Å²) >= 11 is 5.24. The van der Waals surface area contributed by atoms with Crippen LogP contribution in [-0.4, -0.2) is 15.3 Å². The molecule has 0 saturated heterocycles. The first-order valence-electron chi connectivity index (χ1n) is 6.28. The van der Waals surface area contributed by atoms with Gasteiger partial charge >= 0.3 is 0 Å². The number of aromatic nitrogens is 2. The Morgan fingerprint density at radius 3 is 2.58 bits per heavy atom. The van der Waals surface area contributed by atoms with Crippen LogP contribution in [0.3, 0.4) is 0 Å². The second-order valence-electron chi connectivity index (χ2n) is 4.67.